The Kier molecular flexibility index (Phi) is 10.3. The third-order valence-corrected chi connectivity index (χ3v) is 6.61. The van der Waals surface area contributed by atoms with Gasteiger partial charge in [-0.3, -0.25) is 0 Å². The van der Waals surface area contributed by atoms with Gasteiger partial charge in [-0.15, -0.1) is 0 Å². The van der Waals surface area contributed by atoms with Gasteiger partial charge in [0.05, 0.1) is 6.61 Å². The van der Waals surface area contributed by atoms with Crippen molar-refractivity contribution in [3.05, 3.63) is 29.3 Å². The first-order chi connectivity index (χ1) is 13.2. The van der Waals surface area contributed by atoms with Crippen LogP contribution in [0.5, 0.6) is 5.75 Å². The van der Waals surface area contributed by atoms with Gasteiger partial charge in [-0.25, -0.2) is 0 Å². The molecule has 1 fully saturated rings. The molecule has 0 saturated heterocycles. The van der Waals surface area contributed by atoms with Gasteiger partial charge in [0.15, 0.2) is 0 Å². The summed E-state index contributed by atoms with van der Waals surface area (Å²) in [6.07, 6.45) is 20.6. The first-order valence-corrected chi connectivity index (χ1v) is 12.0. The summed E-state index contributed by atoms with van der Waals surface area (Å²) in [7, 11) is 0. The van der Waals surface area contributed by atoms with Crippen LogP contribution in [0.3, 0.4) is 0 Å². The molecule has 0 radical (unpaired) electrons. The Hall–Kier alpha value is -0.980. The number of benzene rings is 1. The van der Waals surface area contributed by atoms with E-state index in [4.69, 9.17) is 4.74 Å². The van der Waals surface area contributed by atoms with Crippen LogP contribution in [-0.4, -0.2) is 6.61 Å². The minimum atomic E-state index is 0.438. The highest BCUT2D eigenvalue weighted by molar-refractivity contribution is 5.40. The molecule has 0 atom stereocenters. The Morgan fingerprint density at radius 2 is 1.48 bits per heavy atom. The summed E-state index contributed by atoms with van der Waals surface area (Å²) in [6.45, 7) is 7.67. The topological polar surface area (TPSA) is 9.23 Å². The molecular formula is C26H44O. The zero-order valence-electron chi connectivity index (χ0n) is 18.5. The maximum Gasteiger partial charge on any atom is 0.119 e. The molecule has 1 aromatic rings. The molecule has 0 aromatic heterocycles. The van der Waals surface area contributed by atoms with E-state index in [9.17, 15) is 0 Å². The van der Waals surface area contributed by atoms with Gasteiger partial charge >= 0.3 is 0 Å². The molecule has 2 rings (SSSR count). The van der Waals surface area contributed by atoms with Crippen molar-refractivity contribution in [3.63, 3.8) is 0 Å². The van der Waals surface area contributed by atoms with Crippen LogP contribution in [0.1, 0.15) is 121 Å². The Labute approximate surface area is 169 Å². The quantitative estimate of drug-likeness (QED) is 0.315. The third-order valence-electron chi connectivity index (χ3n) is 6.61. The number of aryl methyl sites for hydroxylation is 1. The Balaban J connectivity index is 1.95. The first kappa shape index (κ1) is 22.3. The standard InChI is InChI=1S/C26H44O/c1-4-6-8-9-10-11-13-18-26(19-14-12-15-20-26)25-17-16-24(22-23(25)3)27-21-7-5-2/h16-17,22H,4-15,18-21H2,1-3H3. The van der Waals surface area contributed by atoms with Crippen LogP contribution in [-0.2, 0) is 5.41 Å². The molecule has 1 aromatic carbocycles. The normalized spacial score (nSPS) is 16.4. The van der Waals surface area contributed by atoms with Crippen LogP contribution in [0.15, 0.2) is 18.2 Å². The summed E-state index contributed by atoms with van der Waals surface area (Å²) < 4.78 is 5.95. The maximum absolute atomic E-state index is 5.95. The van der Waals surface area contributed by atoms with Crippen molar-refractivity contribution in [1.82, 2.24) is 0 Å². The van der Waals surface area contributed by atoms with Crippen molar-refractivity contribution in [3.8, 4) is 5.75 Å². The molecule has 0 heterocycles. The molecule has 0 bridgehead atoms. The van der Waals surface area contributed by atoms with Crippen LogP contribution in [0, 0.1) is 6.92 Å². The van der Waals surface area contributed by atoms with Gasteiger partial charge in [0.2, 0.25) is 0 Å². The fourth-order valence-corrected chi connectivity index (χ4v) is 4.96. The van der Waals surface area contributed by atoms with Crippen molar-refractivity contribution in [2.45, 2.75) is 122 Å². The SMILES string of the molecule is CCCCCCCCCC1(c2ccc(OCCCC)cc2C)CCCCC1. The molecule has 0 N–H and O–H groups in total. The third kappa shape index (κ3) is 7.16. The molecule has 1 nitrogen and oxygen atoms in total. The van der Waals surface area contributed by atoms with E-state index in [1.165, 1.54) is 95.5 Å². The van der Waals surface area contributed by atoms with Crippen molar-refractivity contribution in [2.24, 2.45) is 0 Å². The number of hydrogen-bond donors (Lipinski definition) is 0. The van der Waals surface area contributed by atoms with Crippen LogP contribution < -0.4 is 4.74 Å². The summed E-state index contributed by atoms with van der Waals surface area (Å²) in [5.41, 5.74) is 3.51. The second-order valence-corrected chi connectivity index (χ2v) is 8.89. The lowest BCUT2D eigenvalue weighted by Gasteiger charge is -2.39. The average molecular weight is 373 g/mol. The predicted molar refractivity (Wildman–Crippen MR) is 119 cm³/mol. The average Bonchev–Trinajstić information content (AvgIpc) is 2.68. The van der Waals surface area contributed by atoms with E-state index in [2.05, 4.69) is 39.0 Å². The van der Waals surface area contributed by atoms with E-state index in [1.54, 1.807) is 5.56 Å². The summed E-state index contributed by atoms with van der Waals surface area (Å²) in [6, 6.07) is 6.94. The lowest BCUT2D eigenvalue weighted by atomic mass is 9.65. The van der Waals surface area contributed by atoms with Gasteiger partial charge in [-0.05, 0) is 61.3 Å². The van der Waals surface area contributed by atoms with Gasteiger partial charge in [-0.1, -0.05) is 90.5 Å². The van der Waals surface area contributed by atoms with E-state index in [0.29, 0.717) is 5.41 Å². The molecule has 0 unspecified atom stereocenters. The van der Waals surface area contributed by atoms with E-state index < -0.39 is 0 Å². The lowest BCUT2D eigenvalue weighted by molar-refractivity contribution is 0.263. The molecule has 0 amide bonds. The van der Waals surface area contributed by atoms with E-state index in [0.717, 1.165) is 18.8 Å². The second-order valence-electron chi connectivity index (χ2n) is 8.89. The van der Waals surface area contributed by atoms with Crippen LogP contribution in [0.25, 0.3) is 0 Å². The van der Waals surface area contributed by atoms with E-state index in [-0.39, 0.29) is 0 Å². The minimum absolute atomic E-state index is 0.438. The minimum Gasteiger partial charge on any atom is -0.494 e. The van der Waals surface area contributed by atoms with Crippen molar-refractivity contribution in [2.75, 3.05) is 6.61 Å². The lowest BCUT2D eigenvalue weighted by Crippen LogP contribution is -2.30. The highest BCUT2D eigenvalue weighted by atomic mass is 16.5. The second kappa shape index (κ2) is 12.5. The van der Waals surface area contributed by atoms with E-state index in [1.807, 2.05) is 0 Å². The largest absolute Gasteiger partial charge is 0.494 e. The zero-order chi connectivity index (χ0) is 19.4. The number of unbranched alkanes of at least 4 members (excludes halogenated alkanes) is 7. The molecule has 0 aliphatic heterocycles. The smallest absolute Gasteiger partial charge is 0.119 e. The summed E-state index contributed by atoms with van der Waals surface area (Å²) in [5.74, 6) is 1.06. The highest BCUT2D eigenvalue weighted by Gasteiger charge is 2.34. The summed E-state index contributed by atoms with van der Waals surface area (Å²) >= 11 is 0. The predicted octanol–water partition coefficient (Wildman–Crippen LogP) is 8.52. The van der Waals surface area contributed by atoms with Crippen molar-refractivity contribution >= 4 is 0 Å². The van der Waals surface area contributed by atoms with Gasteiger partial charge < -0.3 is 4.74 Å². The zero-order valence-corrected chi connectivity index (χ0v) is 18.5. The molecule has 1 saturated carbocycles. The number of hydrogen-bond acceptors (Lipinski definition) is 1. The van der Waals surface area contributed by atoms with Gasteiger partial charge in [-0.2, -0.15) is 0 Å². The Morgan fingerprint density at radius 3 is 2.15 bits per heavy atom. The van der Waals surface area contributed by atoms with Crippen LogP contribution in [0.4, 0.5) is 0 Å². The Bertz CT molecular complexity index is 513. The van der Waals surface area contributed by atoms with Crippen LogP contribution >= 0.6 is 0 Å². The molecule has 1 heteroatoms. The molecule has 1 aliphatic carbocycles. The van der Waals surface area contributed by atoms with Gasteiger partial charge in [0.25, 0.3) is 0 Å². The van der Waals surface area contributed by atoms with Crippen molar-refractivity contribution in [1.29, 1.82) is 0 Å². The summed E-state index contributed by atoms with van der Waals surface area (Å²) in [4.78, 5) is 0. The highest BCUT2D eigenvalue weighted by Crippen LogP contribution is 2.45. The number of ether oxygens (including phenoxy) is 1. The van der Waals surface area contributed by atoms with Crippen molar-refractivity contribution < 1.29 is 4.74 Å². The molecule has 27 heavy (non-hydrogen) atoms. The van der Waals surface area contributed by atoms with E-state index >= 15 is 0 Å². The Morgan fingerprint density at radius 1 is 0.815 bits per heavy atom. The number of rotatable bonds is 13. The fourth-order valence-electron chi connectivity index (χ4n) is 4.96. The van der Waals surface area contributed by atoms with Gasteiger partial charge in [0, 0.05) is 0 Å². The maximum atomic E-state index is 5.95. The fraction of sp³-hybridized carbons (Fsp3) is 0.769. The molecule has 1 aliphatic rings. The van der Waals surface area contributed by atoms with Gasteiger partial charge in [0.1, 0.15) is 5.75 Å². The molecule has 154 valence electrons. The first-order valence-electron chi connectivity index (χ1n) is 12.0. The monoisotopic (exact) mass is 372 g/mol. The summed E-state index contributed by atoms with van der Waals surface area (Å²) in [5, 5.41) is 0. The molecule has 0 spiro atoms. The van der Waals surface area contributed by atoms with Crippen LogP contribution in [0.2, 0.25) is 0 Å². The molecular weight excluding hydrogens is 328 g/mol.